The molecule has 3 atom stereocenters. The van der Waals surface area contributed by atoms with Crippen molar-refractivity contribution in [3.05, 3.63) is 35.9 Å². The molecule has 1 aliphatic rings. The second-order valence-electron chi connectivity index (χ2n) is 6.89. The number of carbonyl (C=O) groups excluding carboxylic acids is 1. The van der Waals surface area contributed by atoms with Gasteiger partial charge in [-0.2, -0.15) is 0 Å². The van der Waals surface area contributed by atoms with E-state index < -0.39 is 6.10 Å². The number of esters is 1. The van der Waals surface area contributed by atoms with Gasteiger partial charge in [-0.15, -0.1) is 0 Å². The van der Waals surface area contributed by atoms with E-state index in [1.165, 1.54) is 6.42 Å². The predicted molar refractivity (Wildman–Crippen MR) is 82.6 cm³/mol. The van der Waals surface area contributed by atoms with E-state index in [4.69, 9.17) is 4.74 Å². The summed E-state index contributed by atoms with van der Waals surface area (Å²) in [6, 6.07) is 9.31. The summed E-state index contributed by atoms with van der Waals surface area (Å²) in [5.41, 5.74) is 0.758. The Balaban J connectivity index is 1.95. The van der Waals surface area contributed by atoms with Crippen molar-refractivity contribution in [1.29, 1.82) is 0 Å². The number of rotatable bonds is 4. The van der Waals surface area contributed by atoms with E-state index in [0.29, 0.717) is 5.92 Å². The minimum Gasteiger partial charge on any atom is -0.462 e. The van der Waals surface area contributed by atoms with Gasteiger partial charge in [0.25, 0.3) is 0 Å². The molecule has 1 fully saturated rings. The highest BCUT2D eigenvalue weighted by atomic mass is 16.5. The summed E-state index contributed by atoms with van der Waals surface area (Å²) in [4.78, 5) is 12.4. The van der Waals surface area contributed by atoms with Gasteiger partial charge in [-0.25, -0.2) is 0 Å². The number of benzene rings is 1. The molecule has 3 unspecified atom stereocenters. The van der Waals surface area contributed by atoms with Crippen molar-refractivity contribution in [2.75, 3.05) is 6.61 Å². The van der Waals surface area contributed by atoms with Crippen molar-refractivity contribution in [3.63, 3.8) is 0 Å². The Morgan fingerprint density at radius 2 is 2.05 bits per heavy atom. The smallest absolute Gasteiger partial charge is 0.309 e. The van der Waals surface area contributed by atoms with E-state index >= 15 is 0 Å². The largest absolute Gasteiger partial charge is 0.462 e. The second-order valence-corrected chi connectivity index (χ2v) is 6.89. The summed E-state index contributed by atoms with van der Waals surface area (Å²) in [6.45, 7) is 6.44. The third kappa shape index (κ3) is 3.85. The van der Waals surface area contributed by atoms with Crippen LogP contribution in [0.2, 0.25) is 0 Å². The van der Waals surface area contributed by atoms with Crippen molar-refractivity contribution in [1.82, 2.24) is 0 Å². The first kappa shape index (κ1) is 16.0. The van der Waals surface area contributed by atoms with Crippen LogP contribution in [0.1, 0.15) is 51.7 Å². The number of hydrogen-bond acceptors (Lipinski definition) is 3. The average molecular weight is 290 g/mol. The first-order valence-corrected chi connectivity index (χ1v) is 7.81. The molecule has 0 radical (unpaired) electrons. The maximum Gasteiger partial charge on any atom is 0.309 e. The molecule has 1 aromatic rings. The average Bonchev–Trinajstić information content (AvgIpc) is 2.44. The van der Waals surface area contributed by atoms with Crippen molar-refractivity contribution in [2.45, 2.75) is 46.1 Å². The Bertz CT molecular complexity index is 467. The lowest BCUT2D eigenvalue weighted by atomic mass is 9.64. The number of carbonyl (C=O) groups is 1. The van der Waals surface area contributed by atoms with Crippen molar-refractivity contribution < 1.29 is 14.6 Å². The van der Waals surface area contributed by atoms with Crippen molar-refractivity contribution >= 4 is 5.97 Å². The molecule has 1 N–H and O–H groups in total. The van der Waals surface area contributed by atoms with E-state index in [1.54, 1.807) is 0 Å². The van der Waals surface area contributed by atoms with Gasteiger partial charge in [0.2, 0.25) is 0 Å². The van der Waals surface area contributed by atoms with Gasteiger partial charge < -0.3 is 9.84 Å². The van der Waals surface area contributed by atoms with E-state index in [2.05, 4.69) is 20.8 Å². The SMILES string of the molecule is CC1CCCC(C)(C)C1C(=O)OCC(O)c1ccccc1. The van der Waals surface area contributed by atoms with Gasteiger partial charge in [-0.05, 0) is 29.7 Å². The first-order chi connectivity index (χ1) is 9.92. The van der Waals surface area contributed by atoms with Crippen LogP contribution in [0.15, 0.2) is 30.3 Å². The van der Waals surface area contributed by atoms with Crippen LogP contribution in [0, 0.1) is 17.3 Å². The zero-order chi connectivity index (χ0) is 15.5. The summed E-state index contributed by atoms with van der Waals surface area (Å²) in [6.07, 6.45) is 2.55. The molecule has 3 nitrogen and oxygen atoms in total. The van der Waals surface area contributed by atoms with E-state index in [1.807, 2.05) is 30.3 Å². The predicted octanol–water partition coefficient (Wildman–Crippen LogP) is 3.73. The second kappa shape index (κ2) is 6.61. The molecule has 116 valence electrons. The molecule has 0 spiro atoms. The fourth-order valence-corrected chi connectivity index (χ4v) is 3.55. The van der Waals surface area contributed by atoms with Crippen LogP contribution in [0.4, 0.5) is 0 Å². The summed E-state index contributed by atoms with van der Waals surface area (Å²) >= 11 is 0. The van der Waals surface area contributed by atoms with Gasteiger partial charge in [0.05, 0.1) is 5.92 Å². The molecule has 0 aromatic heterocycles. The molecule has 0 amide bonds. The summed E-state index contributed by atoms with van der Waals surface area (Å²) < 4.78 is 5.41. The quantitative estimate of drug-likeness (QED) is 0.860. The Morgan fingerprint density at radius 1 is 1.38 bits per heavy atom. The molecule has 0 bridgehead atoms. The lowest BCUT2D eigenvalue weighted by molar-refractivity contribution is -0.160. The lowest BCUT2D eigenvalue weighted by Crippen LogP contribution is -2.40. The minimum atomic E-state index is -0.753. The number of hydrogen-bond donors (Lipinski definition) is 1. The van der Waals surface area contributed by atoms with E-state index in [-0.39, 0.29) is 23.9 Å². The molecule has 1 aromatic carbocycles. The van der Waals surface area contributed by atoms with Gasteiger partial charge in [0.1, 0.15) is 12.7 Å². The monoisotopic (exact) mass is 290 g/mol. The molecule has 0 saturated heterocycles. The minimum absolute atomic E-state index is 0.0214. The Hall–Kier alpha value is -1.35. The van der Waals surface area contributed by atoms with Crippen LogP contribution < -0.4 is 0 Å². The molecule has 21 heavy (non-hydrogen) atoms. The van der Waals surface area contributed by atoms with E-state index in [0.717, 1.165) is 18.4 Å². The maximum atomic E-state index is 12.4. The summed E-state index contributed by atoms with van der Waals surface area (Å²) in [5.74, 6) is 0.103. The fraction of sp³-hybridized carbons (Fsp3) is 0.611. The van der Waals surface area contributed by atoms with Gasteiger partial charge >= 0.3 is 5.97 Å². The molecular formula is C18H26O3. The molecule has 1 saturated carbocycles. The van der Waals surface area contributed by atoms with Crippen molar-refractivity contribution in [3.8, 4) is 0 Å². The normalized spacial score (nSPS) is 26.1. The van der Waals surface area contributed by atoms with E-state index in [9.17, 15) is 9.90 Å². The summed E-state index contributed by atoms with van der Waals surface area (Å²) in [7, 11) is 0. The maximum absolute atomic E-state index is 12.4. The van der Waals surface area contributed by atoms with Gasteiger partial charge in [-0.1, -0.05) is 57.5 Å². The highest BCUT2D eigenvalue weighted by molar-refractivity contribution is 5.74. The van der Waals surface area contributed by atoms with Gasteiger partial charge in [-0.3, -0.25) is 4.79 Å². The molecule has 1 aliphatic carbocycles. The molecule has 2 rings (SSSR count). The highest BCUT2D eigenvalue weighted by Crippen LogP contribution is 2.44. The Kier molecular flexibility index (Phi) is 5.04. The van der Waals surface area contributed by atoms with Crippen molar-refractivity contribution in [2.24, 2.45) is 17.3 Å². The Labute approximate surface area is 127 Å². The molecule has 0 aliphatic heterocycles. The third-order valence-corrected chi connectivity index (χ3v) is 4.71. The van der Waals surface area contributed by atoms with Crippen LogP contribution in [-0.2, 0) is 9.53 Å². The Morgan fingerprint density at radius 3 is 2.67 bits per heavy atom. The highest BCUT2D eigenvalue weighted by Gasteiger charge is 2.42. The van der Waals surface area contributed by atoms with Crippen LogP contribution in [0.25, 0.3) is 0 Å². The van der Waals surface area contributed by atoms with Gasteiger partial charge in [0.15, 0.2) is 0 Å². The molecule has 3 heteroatoms. The van der Waals surface area contributed by atoms with Crippen LogP contribution in [0.3, 0.4) is 0 Å². The zero-order valence-corrected chi connectivity index (χ0v) is 13.2. The van der Waals surface area contributed by atoms with Gasteiger partial charge in [0, 0.05) is 0 Å². The van der Waals surface area contributed by atoms with Crippen LogP contribution in [-0.4, -0.2) is 17.7 Å². The van der Waals surface area contributed by atoms with Crippen LogP contribution in [0.5, 0.6) is 0 Å². The first-order valence-electron chi connectivity index (χ1n) is 7.81. The third-order valence-electron chi connectivity index (χ3n) is 4.71. The van der Waals surface area contributed by atoms with Crippen LogP contribution >= 0.6 is 0 Å². The number of aliphatic hydroxyl groups excluding tert-OH is 1. The standard InChI is InChI=1S/C18H26O3/c1-13-8-7-11-18(2,3)16(13)17(20)21-12-15(19)14-9-5-4-6-10-14/h4-6,9-10,13,15-16,19H,7-8,11-12H2,1-3H3. The lowest BCUT2D eigenvalue weighted by Gasteiger charge is -2.41. The zero-order valence-electron chi connectivity index (χ0n) is 13.2. The number of aliphatic hydroxyl groups is 1. The number of ether oxygens (including phenoxy) is 1. The molecular weight excluding hydrogens is 264 g/mol. The summed E-state index contributed by atoms with van der Waals surface area (Å²) in [5, 5.41) is 10.1. The topological polar surface area (TPSA) is 46.5 Å². The fourth-order valence-electron chi connectivity index (χ4n) is 3.55. The molecule has 0 heterocycles.